The molecule has 0 aliphatic carbocycles. The minimum absolute atomic E-state index is 0.123. The molecule has 0 spiro atoms. The lowest BCUT2D eigenvalue weighted by molar-refractivity contribution is 0.591. The summed E-state index contributed by atoms with van der Waals surface area (Å²) in [7, 11) is 0. The van der Waals surface area contributed by atoms with E-state index in [1.807, 2.05) is 24.3 Å². The molecule has 0 aliphatic rings. The van der Waals surface area contributed by atoms with E-state index in [1.54, 1.807) is 0 Å². The number of aromatic nitrogens is 2. The SMILES string of the molecule is [2H]C([2H])([2H])c1cc(-c2ccc(C(C)(C)C)c3c2oc2c(-n4c5cc(C(C)(C)C)ccc5c5ccc(C(C)(C)C)cc54)c(C#N)ccc23)ncc1F. The van der Waals surface area contributed by atoms with Gasteiger partial charge in [0.25, 0.3) is 0 Å². The maximum atomic E-state index is 14.8. The highest BCUT2D eigenvalue weighted by molar-refractivity contribution is 6.16. The Morgan fingerprint density at radius 1 is 0.750 bits per heavy atom. The van der Waals surface area contributed by atoms with Gasteiger partial charge in [-0.15, -0.1) is 0 Å². The summed E-state index contributed by atoms with van der Waals surface area (Å²) in [5, 5.41) is 14.5. The number of hydrogen-bond donors (Lipinski definition) is 0. The van der Waals surface area contributed by atoms with Crippen molar-refractivity contribution in [2.45, 2.75) is 85.4 Å². The quantitative estimate of drug-likeness (QED) is 0.189. The van der Waals surface area contributed by atoms with E-state index in [0.717, 1.165) is 55.5 Å². The van der Waals surface area contributed by atoms with E-state index in [2.05, 4.69) is 114 Å². The van der Waals surface area contributed by atoms with E-state index in [9.17, 15) is 9.65 Å². The van der Waals surface area contributed by atoms with Crippen molar-refractivity contribution in [3.8, 4) is 23.0 Å². The molecule has 0 bridgehead atoms. The van der Waals surface area contributed by atoms with Gasteiger partial charge in [0, 0.05) is 31.2 Å². The van der Waals surface area contributed by atoms with Gasteiger partial charge in [-0.25, -0.2) is 4.39 Å². The fraction of sp³-hybridized carbons (Fsp3) is 0.302. The van der Waals surface area contributed by atoms with Crippen LogP contribution in [0.3, 0.4) is 0 Å². The molecule has 0 N–H and O–H groups in total. The van der Waals surface area contributed by atoms with E-state index in [-0.39, 0.29) is 21.9 Å². The van der Waals surface area contributed by atoms with Crippen LogP contribution in [0.1, 0.15) is 94.2 Å². The first-order valence-electron chi connectivity index (χ1n) is 17.9. The van der Waals surface area contributed by atoms with E-state index in [4.69, 9.17) is 8.53 Å². The predicted molar refractivity (Wildman–Crippen MR) is 197 cm³/mol. The van der Waals surface area contributed by atoms with Gasteiger partial charge < -0.3 is 8.98 Å². The zero-order chi connectivity index (χ0) is 37.0. The number of fused-ring (bicyclic) bond motifs is 6. The van der Waals surface area contributed by atoms with Gasteiger partial charge in [-0.2, -0.15) is 5.26 Å². The number of furan rings is 1. The smallest absolute Gasteiger partial charge is 0.160 e. The third-order valence-corrected chi connectivity index (χ3v) is 9.55. The molecule has 7 rings (SSSR count). The van der Waals surface area contributed by atoms with Crippen molar-refractivity contribution in [1.82, 2.24) is 9.55 Å². The van der Waals surface area contributed by atoms with Crippen LogP contribution >= 0.6 is 0 Å². The van der Waals surface area contributed by atoms with Gasteiger partial charge in [-0.05, 0) is 81.7 Å². The summed E-state index contributed by atoms with van der Waals surface area (Å²) in [6.45, 7) is 16.9. The van der Waals surface area contributed by atoms with Gasteiger partial charge in [0.05, 0.1) is 28.5 Å². The Labute approximate surface area is 286 Å². The number of benzene rings is 4. The Balaban J connectivity index is 1.68. The van der Waals surface area contributed by atoms with E-state index >= 15 is 0 Å². The number of nitriles is 1. The van der Waals surface area contributed by atoms with Crippen molar-refractivity contribution in [1.29, 1.82) is 5.26 Å². The monoisotopic (exact) mass is 638 g/mol. The topological polar surface area (TPSA) is 54.8 Å². The summed E-state index contributed by atoms with van der Waals surface area (Å²) in [6, 6.07) is 24.6. The average molecular weight is 639 g/mol. The van der Waals surface area contributed by atoms with Crippen molar-refractivity contribution in [2.75, 3.05) is 0 Å². The Hall–Kier alpha value is -4.95. The van der Waals surface area contributed by atoms with Crippen molar-refractivity contribution >= 4 is 43.7 Å². The molecule has 48 heavy (non-hydrogen) atoms. The van der Waals surface area contributed by atoms with E-state index < -0.39 is 18.2 Å². The molecule has 0 atom stereocenters. The zero-order valence-electron chi connectivity index (χ0n) is 32.1. The third-order valence-electron chi connectivity index (χ3n) is 9.55. The maximum absolute atomic E-state index is 14.8. The first kappa shape index (κ1) is 28.1. The molecule has 0 saturated heterocycles. The molecular weight excluding hydrogens is 593 g/mol. The summed E-state index contributed by atoms with van der Waals surface area (Å²) in [4.78, 5) is 4.35. The van der Waals surface area contributed by atoms with Crippen LogP contribution in [-0.4, -0.2) is 9.55 Å². The number of aryl methyl sites for hydroxylation is 1. The standard InChI is InChI=1S/C43H42FN3O/c1-24-19-34(46-23-33(24)44)30-17-18-32(43(8,9)10)37-31-14-11-25(22-45)38(40(31)48-39(30)37)47-35-20-26(41(2,3)4)12-15-28(35)29-16-13-27(21-36(29)47)42(5,6)7/h11-21,23H,1-10H3/i1D3. The van der Waals surface area contributed by atoms with Crippen LogP contribution in [0.5, 0.6) is 0 Å². The lowest BCUT2D eigenvalue weighted by Crippen LogP contribution is -2.11. The molecule has 4 aromatic carbocycles. The Morgan fingerprint density at radius 2 is 1.35 bits per heavy atom. The predicted octanol–water partition coefficient (Wildman–Crippen LogP) is 12.0. The van der Waals surface area contributed by atoms with Crippen LogP contribution in [-0.2, 0) is 16.2 Å². The van der Waals surface area contributed by atoms with Crippen molar-refractivity contribution in [2.24, 2.45) is 0 Å². The molecule has 3 aromatic heterocycles. The fourth-order valence-corrected chi connectivity index (χ4v) is 6.85. The largest absolute Gasteiger partial charge is 0.453 e. The minimum atomic E-state index is -2.66. The highest BCUT2D eigenvalue weighted by Gasteiger charge is 2.28. The Kier molecular flexibility index (Phi) is 6.16. The Morgan fingerprint density at radius 3 is 1.90 bits per heavy atom. The minimum Gasteiger partial charge on any atom is -0.453 e. The second kappa shape index (κ2) is 10.5. The summed E-state index contributed by atoms with van der Waals surface area (Å²) in [5.74, 6) is -0.887. The molecule has 0 radical (unpaired) electrons. The number of halogens is 1. The molecule has 3 heterocycles. The van der Waals surface area contributed by atoms with Crippen molar-refractivity contribution in [3.63, 3.8) is 0 Å². The van der Waals surface area contributed by atoms with Gasteiger partial charge in [-0.1, -0.05) is 92.6 Å². The highest BCUT2D eigenvalue weighted by Crippen LogP contribution is 2.46. The number of rotatable bonds is 2. The summed E-state index contributed by atoms with van der Waals surface area (Å²) in [5.41, 5.74) is 7.24. The van der Waals surface area contributed by atoms with Crippen molar-refractivity contribution in [3.05, 3.63) is 107 Å². The average Bonchev–Trinajstić information content (AvgIpc) is 3.58. The van der Waals surface area contributed by atoms with Crippen LogP contribution in [0.15, 0.2) is 77.3 Å². The maximum Gasteiger partial charge on any atom is 0.160 e. The van der Waals surface area contributed by atoms with Crippen molar-refractivity contribution < 1.29 is 12.9 Å². The second-order valence-electron chi connectivity index (χ2n) is 16.0. The first-order chi connectivity index (χ1) is 23.7. The molecular formula is C43H42FN3O. The Bertz CT molecular complexity index is 2530. The molecule has 7 aromatic rings. The van der Waals surface area contributed by atoms with Gasteiger partial charge in [0.2, 0.25) is 0 Å². The lowest BCUT2D eigenvalue weighted by atomic mass is 9.83. The molecule has 0 aliphatic heterocycles. The lowest BCUT2D eigenvalue weighted by Gasteiger charge is -2.21. The first-order valence-corrected chi connectivity index (χ1v) is 16.4. The molecule has 5 heteroatoms. The molecule has 0 saturated carbocycles. The summed E-state index contributed by atoms with van der Waals surface area (Å²) in [6.07, 6.45) is 0.958. The molecule has 0 fully saturated rings. The van der Waals surface area contributed by atoms with Gasteiger partial charge in [0.15, 0.2) is 5.58 Å². The number of pyridine rings is 1. The van der Waals surface area contributed by atoms with Crippen LogP contribution in [0.4, 0.5) is 4.39 Å². The number of hydrogen-bond acceptors (Lipinski definition) is 3. The van der Waals surface area contributed by atoms with Gasteiger partial charge in [-0.3, -0.25) is 4.98 Å². The normalized spacial score (nSPS) is 14.1. The second-order valence-corrected chi connectivity index (χ2v) is 16.0. The molecule has 242 valence electrons. The van der Waals surface area contributed by atoms with Crippen LogP contribution in [0.25, 0.3) is 60.7 Å². The fourth-order valence-electron chi connectivity index (χ4n) is 6.85. The molecule has 0 amide bonds. The van der Waals surface area contributed by atoms with E-state index in [0.29, 0.717) is 28.0 Å². The van der Waals surface area contributed by atoms with Crippen LogP contribution in [0.2, 0.25) is 0 Å². The van der Waals surface area contributed by atoms with Gasteiger partial charge >= 0.3 is 0 Å². The number of nitrogens with zero attached hydrogens (tertiary/aromatic N) is 3. The summed E-state index contributed by atoms with van der Waals surface area (Å²) >= 11 is 0. The highest BCUT2D eigenvalue weighted by atomic mass is 19.1. The van der Waals surface area contributed by atoms with E-state index in [1.165, 1.54) is 6.07 Å². The summed E-state index contributed by atoms with van der Waals surface area (Å²) < 4.78 is 47.7. The van der Waals surface area contributed by atoms with Gasteiger partial charge in [0.1, 0.15) is 23.2 Å². The molecule has 0 unspecified atom stereocenters. The third kappa shape index (κ3) is 4.89. The van der Waals surface area contributed by atoms with Crippen LogP contribution < -0.4 is 0 Å². The zero-order valence-corrected chi connectivity index (χ0v) is 29.1. The molecule has 4 nitrogen and oxygen atoms in total. The van der Waals surface area contributed by atoms with Crippen LogP contribution in [0, 0.1) is 24.0 Å².